The van der Waals surface area contributed by atoms with Crippen LogP contribution >= 0.6 is 0 Å². The highest BCUT2D eigenvalue weighted by molar-refractivity contribution is 5.25. The molecular weight excluding hydrogens is 246 g/mol. The Morgan fingerprint density at radius 2 is 1.60 bits per heavy atom. The van der Waals surface area contributed by atoms with Gasteiger partial charge in [0.05, 0.1) is 6.10 Å². The number of hydrogen-bond donors (Lipinski definition) is 2. The zero-order valence-corrected chi connectivity index (χ0v) is 11.6. The van der Waals surface area contributed by atoms with E-state index >= 15 is 0 Å². The molecule has 1 aliphatic rings. The lowest BCUT2D eigenvalue weighted by Gasteiger charge is -2.36. The predicted octanol–water partition coefficient (Wildman–Crippen LogP) is 3.11. The molecule has 0 aliphatic carbocycles. The smallest absolute Gasteiger partial charge is 0.0836 e. The summed E-state index contributed by atoms with van der Waals surface area (Å²) >= 11 is 0. The minimum Gasteiger partial charge on any atom is -0.388 e. The number of nitrogens with one attached hydrogen (secondary N) is 1. The Labute approximate surface area is 120 Å². The molecule has 104 valence electrons. The van der Waals surface area contributed by atoms with Gasteiger partial charge in [0.25, 0.3) is 0 Å². The van der Waals surface area contributed by atoms with Crippen LogP contribution in [0.3, 0.4) is 0 Å². The molecule has 2 aromatic carbocycles. The van der Waals surface area contributed by atoms with Crippen molar-refractivity contribution >= 4 is 0 Å². The number of aliphatic hydroxyl groups excluding tert-OH is 1. The third kappa shape index (κ3) is 2.77. The standard InChI is InChI=1S/C18H21NO/c20-18(15-9-5-2-6-10-15)17-13-19-12-11-16(17)14-7-3-1-4-8-14/h1-10,16-20H,11-13H2/t16-,17-,18?/m0/s1. The summed E-state index contributed by atoms with van der Waals surface area (Å²) in [5.74, 6) is 0.654. The van der Waals surface area contributed by atoms with Crippen LogP contribution in [0.5, 0.6) is 0 Å². The van der Waals surface area contributed by atoms with E-state index in [2.05, 4.69) is 29.6 Å². The second-order valence-electron chi connectivity index (χ2n) is 5.53. The molecule has 2 heteroatoms. The van der Waals surface area contributed by atoms with E-state index in [0.29, 0.717) is 5.92 Å². The molecule has 1 unspecified atom stereocenters. The average molecular weight is 267 g/mol. The molecule has 2 N–H and O–H groups in total. The molecule has 2 nitrogen and oxygen atoms in total. The van der Waals surface area contributed by atoms with E-state index in [1.807, 2.05) is 36.4 Å². The Kier molecular flexibility index (Phi) is 4.14. The topological polar surface area (TPSA) is 32.3 Å². The van der Waals surface area contributed by atoms with Crippen LogP contribution in [-0.2, 0) is 0 Å². The lowest BCUT2D eigenvalue weighted by molar-refractivity contribution is 0.0783. The average Bonchev–Trinajstić information content (AvgIpc) is 2.56. The maximum Gasteiger partial charge on any atom is 0.0836 e. The minimum absolute atomic E-state index is 0.230. The monoisotopic (exact) mass is 267 g/mol. The maximum atomic E-state index is 10.7. The molecule has 3 rings (SSSR count). The van der Waals surface area contributed by atoms with Crippen LogP contribution in [-0.4, -0.2) is 18.2 Å². The predicted molar refractivity (Wildman–Crippen MR) is 81.6 cm³/mol. The van der Waals surface area contributed by atoms with Gasteiger partial charge in [0, 0.05) is 12.5 Å². The molecule has 3 atom stereocenters. The lowest BCUT2D eigenvalue weighted by Crippen LogP contribution is -2.38. The van der Waals surface area contributed by atoms with Crippen molar-refractivity contribution in [3.63, 3.8) is 0 Å². The molecule has 0 amide bonds. The van der Waals surface area contributed by atoms with Gasteiger partial charge in [-0.05, 0) is 30.0 Å². The Hall–Kier alpha value is -1.64. The number of benzene rings is 2. The SMILES string of the molecule is OC(c1ccccc1)[C@H]1CNCC[C@H]1c1ccccc1. The summed E-state index contributed by atoms with van der Waals surface area (Å²) in [6, 6.07) is 20.6. The maximum absolute atomic E-state index is 10.7. The normalized spacial score (nSPS) is 24.2. The van der Waals surface area contributed by atoms with Gasteiger partial charge in [0.1, 0.15) is 0 Å². The number of rotatable bonds is 3. The van der Waals surface area contributed by atoms with Crippen molar-refractivity contribution in [1.82, 2.24) is 5.32 Å². The summed E-state index contributed by atoms with van der Waals surface area (Å²) < 4.78 is 0. The van der Waals surface area contributed by atoms with Gasteiger partial charge >= 0.3 is 0 Å². The van der Waals surface area contributed by atoms with Crippen LogP contribution < -0.4 is 5.32 Å². The summed E-state index contributed by atoms with van der Waals surface area (Å²) in [6.45, 7) is 1.90. The summed E-state index contributed by atoms with van der Waals surface area (Å²) in [5.41, 5.74) is 2.36. The van der Waals surface area contributed by atoms with Gasteiger partial charge in [0.2, 0.25) is 0 Å². The molecule has 1 heterocycles. The first kappa shape index (κ1) is 13.3. The van der Waals surface area contributed by atoms with E-state index in [4.69, 9.17) is 0 Å². The van der Waals surface area contributed by atoms with Crippen LogP contribution in [0.25, 0.3) is 0 Å². The highest BCUT2D eigenvalue weighted by Crippen LogP contribution is 2.38. The number of aliphatic hydroxyl groups is 1. The third-order valence-electron chi connectivity index (χ3n) is 4.30. The molecule has 2 aromatic rings. The summed E-state index contributed by atoms with van der Waals surface area (Å²) in [4.78, 5) is 0. The highest BCUT2D eigenvalue weighted by atomic mass is 16.3. The number of piperidine rings is 1. The largest absolute Gasteiger partial charge is 0.388 e. The molecule has 1 saturated heterocycles. The Morgan fingerprint density at radius 3 is 2.30 bits per heavy atom. The van der Waals surface area contributed by atoms with E-state index in [1.54, 1.807) is 0 Å². The Balaban J connectivity index is 1.86. The summed E-state index contributed by atoms with van der Waals surface area (Å²) in [5, 5.41) is 14.2. The van der Waals surface area contributed by atoms with Gasteiger partial charge in [-0.25, -0.2) is 0 Å². The van der Waals surface area contributed by atoms with Crippen LogP contribution in [0.1, 0.15) is 29.6 Å². The van der Waals surface area contributed by atoms with Crippen LogP contribution in [0.4, 0.5) is 0 Å². The first-order valence-electron chi connectivity index (χ1n) is 7.35. The molecule has 0 bridgehead atoms. The zero-order chi connectivity index (χ0) is 13.8. The Morgan fingerprint density at radius 1 is 0.950 bits per heavy atom. The van der Waals surface area contributed by atoms with Gasteiger partial charge in [-0.2, -0.15) is 0 Å². The van der Waals surface area contributed by atoms with Crippen molar-refractivity contribution in [3.8, 4) is 0 Å². The van der Waals surface area contributed by atoms with Crippen LogP contribution in [0.15, 0.2) is 60.7 Å². The van der Waals surface area contributed by atoms with Gasteiger partial charge < -0.3 is 10.4 Å². The van der Waals surface area contributed by atoms with Crippen molar-refractivity contribution in [2.45, 2.75) is 18.4 Å². The molecule has 1 aliphatic heterocycles. The van der Waals surface area contributed by atoms with Crippen molar-refractivity contribution in [3.05, 3.63) is 71.8 Å². The molecule has 0 saturated carbocycles. The quantitative estimate of drug-likeness (QED) is 0.895. The van der Waals surface area contributed by atoms with Crippen LogP contribution in [0, 0.1) is 5.92 Å². The molecule has 0 aromatic heterocycles. The van der Waals surface area contributed by atoms with E-state index in [9.17, 15) is 5.11 Å². The van der Waals surface area contributed by atoms with Crippen molar-refractivity contribution in [2.75, 3.05) is 13.1 Å². The first-order chi connectivity index (χ1) is 9.86. The molecule has 20 heavy (non-hydrogen) atoms. The Bertz CT molecular complexity index is 526. The third-order valence-corrected chi connectivity index (χ3v) is 4.30. The fraction of sp³-hybridized carbons (Fsp3) is 0.333. The molecule has 1 fully saturated rings. The summed E-state index contributed by atoms with van der Waals surface area (Å²) in [7, 11) is 0. The lowest BCUT2D eigenvalue weighted by atomic mass is 9.76. The van der Waals surface area contributed by atoms with E-state index in [1.165, 1.54) is 5.56 Å². The minimum atomic E-state index is -0.408. The van der Waals surface area contributed by atoms with Crippen molar-refractivity contribution < 1.29 is 5.11 Å². The zero-order valence-electron chi connectivity index (χ0n) is 11.6. The van der Waals surface area contributed by atoms with Gasteiger partial charge in [-0.3, -0.25) is 0 Å². The fourth-order valence-electron chi connectivity index (χ4n) is 3.23. The van der Waals surface area contributed by atoms with Gasteiger partial charge in [0.15, 0.2) is 0 Å². The van der Waals surface area contributed by atoms with Gasteiger partial charge in [-0.1, -0.05) is 60.7 Å². The van der Waals surface area contributed by atoms with E-state index in [0.717, 1.165) is 25.1 Å². The molecule has 0 radical (unpaired) electrons. The van der Waals surface area contributed by atoms with Crippen LogP contribution in [0.2, 0.25) is 0 Å². The van der Waals surface area contributed by atoms with Crippen molar-refractivity contribution in [2.24, 2.45) is 5.92 Å². The second-order valence-corrected chi connectivity index (χ2v) is 5.53. The molecular formula is C18H21NO. The van der Waals surface area contributed by atoms with Crippen molar-refractivity contribution in [1.29, 1.82) is 0 Å². The van der Waals surface area contributed by atoms with E-state index < -0.39 is 6.10 Å². The first-order valence-corrected chi connectivity index (χ1v) is 7.35. The fourth-order valence-corrected chi connectivity index (χ4v) is 3.23. The second kappa shape index (κ2) is 6.21. The molecule has 0 spiro atoms. The summed E-state index contributed by atoms with van der Waals surface area (Å²) in [6.07, 6.45) is 0.674. The highest BCUT2D eigenvalue weighted by Gasteiger charge is 2.32. The number of hydrogen-bond acceptors (Lipinski definition) is 2. The van der Waals surface area contributed by atoms with Gasteiger partial charge in [-0.15, -0.1) is 0 Å². The van der Waals surface area contributed by atoms with E-state index in [-0.39, 0.29) is 5.92 Å².